The summed E-state index contributed by atoms with van der Waals surface area (Å²) in [6.45, 7) is 7.38. The molecular weight excluding hydrogens is 490 g/mol. The van der Waals surface area contributed by atoms with Crippen molar-refractivity contribution < 1.29 is 14.7 Å². The minimum absolute atomic E-state index is 0.127. The molecule has 2 aromatic carbocycles. The number of H-pyrrole nitrogens is 1. The van der Waals surface area contributed by atoms with Gasteiger partial charge in [0.15, 0.2) is 0 Å². The number of β-amino-alcohol motifs (C(OH)–C–C–N with tert-alkyl or cyclic N) is 1. The van der Waals surface area contributed by atoms with Crippen LogP contribution >= 0.6 is 0 Å². The van der Waals surface area contributed by atoms with Gasteiger partial charge in [-0.3, -0.25) is 9.59 Å². The maximum Gasteiger partial charge on any atom is 0.257 e. The molecule has 0 spiro atoms. The highest BCUT2D eigenvalue weighted by molar-refractivity contribution is 6.06. The average Bonchev–Trinajstić information content (AvgIpc) is 3.51. The molecule has 2 aliphatic rings. The molecule has 1 saturated heterocycles. The van der Waals surface area contributed by atoms with Gasteiger partial charge in [-0.05, 0) is 92.9 Å². The molecule has 5 rings (SSSR count). The number of amides is 2. The molecule has 3 aromatic rings. The number of aliphatic hydroxyl groups excluding tert-OH is 1. The van der Waals surface area contributed by atoms with Crippen molar-refractivity contribution in [2.75, 3.05) is 28.6 Å². The molecule has 1 aliphatic carbocycles. The van der Waals surface area contributed by atoms with E-state index in [0.29, 0.717) is 24.1 Å². The van der Waals surface area contributed by atoms with Crippen LogP contribution in [-0.2, 0) is 0 Å². The van der Waals surface area contributed by atoms with Gasteiger partial charge >= 0.3 is 0 Å². The monoisotopic (exact) mass is 525 g/mol. The van der Waals surface area contributed by atoms with E-state index in [1.165, 1.54) is 0 Å². The van der Waals surface area contributed by atoms with Gasteiger partial charge in [0.1, 0.15) is 0 Å². The lowest BCUT2D eigenvalue weighted by Gasteiger charge is -2.23. The lowest BCUT2D eigenvalue weighted by molar-refractivity contribution is 0.0962. The van der Waals surface area contributed by atoms with Gasteiger partial charge in [-0.1, -0.05) is 6.92 Å². The van der Waals surface area contributed by atoms with Crippen molar-refractivity contribution in [3.05, 3.63) is 101 Å². The third-order valence-corrected chi connectivity index (χ3v) is 7.39. The van der Waals surface area contributed by atoms with Crippen LogP contribution in [0, 0.1) is 19.8 Å². The molecule has 5 N–H and O–H groups in total. The zero-order valence-corrected chi connectivity index (χ0v) is 22.5. The normalized spacial score (nSPS) is 18.8. The number of nitrogens with zero attached hydrogens (tertiary/aromatic N) is 1. The highest BCUT2D eigenvalue weighted by atomic mass is 16.3. The van der Waals surface area contributed by atoms with Gasteiger partial charge in [0.25, 0.3) is 11.8 Å². The number of aromatic amines is 1. The summed E-state index contributed by atoms with van der Waals surface area (Å²) in [6, 6.07) is 15.2. The van der Waals surface area contributed by atoms with Gasteiger partial charge in [-0.2, -0.15) is 0 Å². The van der Waals surface area contributed by atoms with Crippen molar-refractivity contribution in [2.45, 2.75) is 39.7 Å². The summed E-state index contributed by atoms with van der Waals surface area (Å²) in [6.07, 6.45) is 6.97. The number of anilines is 3. The van der Waals surface area contributed by atoms with Gasteiger partial charge in [0, 0.05) is 64.9 Å². The first-order valence-corrected chi connectivity index (χ1v) is 13.3. The molecule has 0 saturated carbocycles. The van der Waals surface area contributed by atoms with Crippen LogP contribution in [0.5, 0.6) is 0 Å². The molecule has 1 unspecified atom stereocenters. The highest BCUT2D eigenvalue weighted by Crippen LogP contribution is 2.27. The number of benzene rings is 2. The van der Waals surface area contributed by atoms with Gasteiger partial charge in [0.2, 0.25) is 0 Å². The molecule has 202 valence electrons. The van der Waals surface area contributed by atoms with Crippen LogP contribution in [-0.4, -0.2) is 41.1 Å². The molecular formula is C31H35N5O3. The van der Waals surface area contributed by atoms with Gasteiger partial charge in [0.05, 0.1) is 11.7 Å². The number of nitrogens with one attached hydrogen (secondary N) is 4. The van der Waals surface area contributed by atoms with Gasteiger partial charge in [-0.15, -0.1) is 0 Å². The van der Waals surface area contributed by atoms with E-state index in [0.717, 1.165) is 52.7 Å². The van der Waals surface area contributed by atoms with Crippen LogP contribution in [0.3, 0.4) is 0 Å². The van der Waals surface area contributed by atoms with Crippen molar-refractivity contribution in [3.8, 4) is 0 Å². The zero-order valence-electron chi connectivity index (χ0n) is 22.5. The molecule has 0 bridgehead atoms. The fraction of sp³-hybridized carbons (Fsp3) is 0.290. The predicted molar refractivity (Wildman–Crippen MR) is 155 cm³/mol. The highest BCUT2D eigenvalue weighted by Gasteiger charge is 2.21. The Hall–Kier alpha value is -4.30. The summed E-state index contributed by atoms with van der Waals surface area (Å²) < 4.78 is 0. The van der Waals surface area contributed by atoms with E-state index in [-0.39, 0.29) is 23.8 Å². The Bertz CT molecular complexity index is 1400. The Morgan fingerprint density at radius 3 is 2.28 bits per heavy atom. The summed E-state index contributed by atoms with van der Waals surface area (Å²) in [7, 11) is 0. The van der Waals surface area contributed by atoms with E-state index in [1.54, 1.807) is 0 Å². The zero-order chi connectivity index (χ0) is 27.5. The molecule has 8 heteroatoms. The Kier molecular flexibility index (Phi) is 7.56. The Balaban J connectivity index is 1.16. The third-order valence-electron chi connectivity index (χ3n) is 7.39. The van der Waals surface area contributed by atoms with E-state index >= 15 is 0 Å². The third kappa shape index (κ3) is 6.07. The first kappa shape index (κ1) is 26.3. The molecule has 2 atom stereocenters. The fourth-order valence-corrected chi connectivity index (χ4v) is 5.14. The first-order chi connectivity index (χ1) is 18.8. The number of aliphatic hydroxyl groups is 1. The first-order valence-electron chi connectivity index (χ1n) is 13.3. The lowest BCUT2D eigenvalue weighted by Crippen LogP contribution is -2.26. The number of aryl methyl sites for hydroxylation is 2. The quantitative estimate of drug-likeness (QED) is 0.295. The van der Waals surface area contributed by atoms with Crippen LogP contribution in [0.4, 0.5) is 17.1 Å². The van der Waals surface area contributed by atoms with Gasteiger partial charge in [-0.25, -0.2) is 0 Å². The van der Waals surface area contributed by atoms with Crippen molar-refractivity contribution >= 4 is 28.9 Å². The van der Waals surface area contributed by atoms with Crippen LogP contribution in [0.15, 0.2) is 78.3 Å². The van der Waals surface area contributed by atoms with Gasteiger partial charge < -0.3 is 30.9 Å². The summed E-state index contributed by atoms with van der Waals surface area (Å²) in [5.74, 6) is -0.0697. The molecule has 2 amide bonds. The van der Waals surface area contributed by atoms with E-state index < -0.39 is 0 Å². The summed E-state index contributed by atoms with van der Waals surface area (Å²) in [5.41, 5.74) is 7.65. The molecule has 1 aliphatic heterocycles. The Labute approximate surface area is 228 Å². The van der Waals surface area contributed by atoms with Crippen LogP contribution in [0.25, 0.3) is 0 Å². The van der Waals surface area contributed by atoms with E-state index in [1.807, 2.05) is 80.7 Å². The number of rotatable bonds is 7. The second-order valence-electron chi connectivity index (χ2n) is 10.4. The van der Waals surface area contributed by atoms with Crippen molar-refractivity contribution in [1.82, 2.24) is 10.3 Å². The number of allylic oxidation sites excluding steroid dienone is 4. The number of carbonyl (C=O) groups excluding carboxylic acids is 2. The molecule has 0 radical (unpaired) electrons. The topological polar surface area (TPSA) is 109 Å². The minimum atomic E-state index is -0.281. The molecule has 1 aromatic heterocycles. The van der Waals surface area contributed by atoms with Crippen molar-refractivity contribution in [1.29, 1.82) is 0 Å². The van der Waals surface area contributed by atoms with Crippen LogP contribution < -0.4 is 20.9 Å². The maximum absolute atomic E-state index is 12.8. The number of aromatic nitrogens is 1. The van der Waals surface area contributed by atoms with E-state index in [9.17, 15) is 14.7 Å². The molecule has 8 nitrogen and oxygen atoms in total. The van der Waals surface area contributed by atoms with E-state index in [4.69, 9.17) is 0 Å². The standard InChI is InChI=1S/C31H35N5O3/c1-19-16-25(35-30(38)22-4-11-26(12-5-22)36-15-14-27(37)18-36)10-13-28(19)33-23-6-8-24(9-7-23)34-31(39)29-20(2)17-32-21(29)3/h4-13,17,19,27,32-33,37H,14-16,18H2,1-3H3,(H,34,39)(H,35,38)/t19?,27-/m1/s1. The average molecular weight is 526 g/mol. The maximum atomic E-state index is 12.8. The van der Waals surface area contributed by atoms with Crippen molar-refractivity contribution in [2.24, 2.45) is 5.92 Å². The lowest BCUT2D eigenvalue weighted by atomic mass is 9.96. The van der Waals surface area contributed by atoms with Crippen LogP contribution in [0.2, 0.25) is 0 Å². The number of carbonyl (C=O) groups is 2. The summed E-state index contributed by atoms with van der Waals surface area (Å²) >= 11 is 0. The minimum Gasteiger partial charge on any atom is -0.391 e. The predicted octanol–water partition coefficient (Wildman–Crippen LogP) is 5.10. The fourth-order valence-electron chi connectivity index (χ4n) is 5.14. The second kappa shape index (κ2) is 11.2. The van der Waals surface area contributed by atoms with E-state index in [2.05, 4.69) is 32.8 Å². The Morgan fingerprint density at radius 2 is 1.67 bits per heavy atom. The molecule has 39 heavy (non-hydrogen) atoms. The largest absolute Gasteiger partial charge is 0.391 e. The Morgan fingerprint density at radius 1 is 0.949 bits per heavy atom. The van der Waals surface area contributed by atoms with Crippen molar-refractivity contribution in [3.63, 3.8) is 0 Å². The van der Waals surface area contributed by atoms with Crippen LogP contribution in [0.1, 0.15) is 51.7 Å². The summed E-state index contributed by atoms with van der Waals surface area (Å²) in [5, 5.41) is 19.2. The molecule has 2 heterocycles. The summed E-state index contributed by atoms with van der Waals surface area (Å²) in [4.78, 5) is 30.7. The second-order valence-corrected chi connectivity index (χ2v) is 10.4. The number of hydrogen-bond donors (Lipinski definition) is 5. The molecule has 1 fully saturated rings. The smallest absolute Gasteiger partial charge is 0.257 e. The SMILES string of the molecule is Cc1c[nH]c(C)c1C(=O)Nc1ccc(NC2=CC=C(NC(=O)c3ccc(N4CC[C@@H](O)C4)cc3)CC2C)cc1. The number of hydrogen-bond acceptors (Lipinski definition) is 5.